The zero-order chi connectivity index (χ0) is 44.5. The molecule has 320 valence electrons. The summed E-state index contributed by atoms with van der Waals surface area (Å²) in [6.45, 7) is 11.6. The van der Waals surface area contributed by atoms with Crippen molar-refractivity contribution in [3.05, 3.63) is 143 Å². The summed E-state index contributed by atoms with van der Waals surface area (Å²) in [6.07, 6.45) is 3.02. The van der Waals surface area contributed by atoms with Crippen LogP contribution in [0.15, 0.2) is 115 Å². The van der Waals surface area contributed by atoms with Crippen molar-refractivity contribution in [1.82, 2.24) is 0 Å². The van der Waals surface area contributed by atoms with E-state index in [1.807, 2.05) is 73.7 Å². The van der Waals surface area contributed by atoms with Crippen molar-refractivity contribution in [3.8, 4) is 34.5 Å². The third kappa shape index (κ3) is 18.4. The first-order valence-electron chi connectivity index (χ1n) is 19.7. The smallest absolute Gasteiger partial charge is 0.160 e. The molecule has 10 nitrogen and oxygen atoms in total. The minimum atomic E-state index is 0.0186. The van der Waals surface area contributed by atoms with Crippen molar-refractivity contribution in [3.63, 3.8) is 0 Å². The van der Waals surface area contributed by atoms with E-state index in [4.69, 9.17) is 28.4 Å². The number of hydrogen-bond acceptors (Lipinski definition) is 10. The molecule has 0 radical (unpaired) electrons. The molecule has 0 bridgehead atoms. The first-order valence-corrected chi connectivity index (χ1v) is 19.7. The highest BCUT2D eigenvalue weighted by Gasteiger charge is 2.06. The summed E-state index contributed by atoms with van der Waals surface area (Å²) >= 11 is 0. The lowest BCUT2D eigenvalue weighted by Gasteiger charge is -2.13. The van der Waals surface area contributed by atoms with Gasteiger partial charge in [-0.2, -0.15) is 0 Å². The van der Waals surface area contributed by atoms with Gasteiger partial charge in [-0.25, -0.2) is 0 Å². The van der Waals surface area contributed by atoms with Gasteiger partial charge in [0, 0.05) is 22.3 Å². The molecular weight excluding hydrogens is 761 g/mol. The Bertz CT molecular complexity index is 2000. The van der Waals surface area contributed by atoms with Crippen LogP contribution in [0.5, 0.6) is 34.5 Å². The van der Waals surface area contributed by atoms with Crippen LogP contribution < -0.4 is 28.4 Å². The third-order valence-electron chi connectivity index (χ3n) is 9.10. The number of para-hydroxylation sites is 2. The monoisotopic (exact) mass is 820 g/mol. The van der Waals surface area contributed by atoms with Crippen molar-refractivity contribution in [2.24, 2.45) is 5.92 Å². The molecule has 0 saturated heterocycles. The summed E-state index contributed by atoms with van der Waals surface area (Å²) < 4.78 is 31.6. The largest absolute Gasteiger partial charge is 0.497 e. The van der Waals surface area contributed by atoms with E-state index in [1.165, 1.54) is 13.8 Å². The number of ether oxygens (including phenoxy) is 6. The Labute approximate surface area is 355 Å². The third-order valence-corrected chi connectivity index (χ3v) is 9.10. The van der Waals surface area contributed by atoms with Crippen LogP contribution in [0.25, 0.3) is 0 Å². The van der Waals surface area contributed by atoms with E-state index in [1.54, 1.807) is 90.8 Å². The van der Waals surface area contributed by atoms with Crippen LogP contribution in [0.1, 0.15) is 101 Å². The summed E-state index contributed by atoms with van der Waals surface area (Å²) in [5.74, 6) is 5.60. The average Bonchev–Trinajstić information content (AvgIpc) is 3.26. The van der Waals surface area contributed by atoms with Crippen molar-refractivity contribution in [2.75, 3.05) is 41.7 Å². The number of Topliss-reactive ketones (excluding diaryl/α,β-unsaturated/α-hetero) is 4. The Morgan fingerprint density at radius 2 is 0.817 bits per heavy atom. The lowest BCUT2D eigenvalue weighted by atomic mass is 10.0. The van der Waals surface area contributed by atoms with Crippen LogP contribution >= 0.6 is 0 Å². The number of aryl methyl sites for hydroxylation is 1. The molecule has 0 saturated carbocycles. The number of carbonyl (C=O) groups excluding carboxylic acids is 4. The van der Waals surface area contributed by atoms with Gasteiger partial charge in [-0.3, -0.25) is 19.2 Å². The lowest BCUT2D eigenvalue weighted by molar-refractivity contribution is 0.100. The predicted molar refractivity (Wildman–Crippen MR) is 237 cm³/mol. The summed E-state index contributed by atoms with van der Waals surface area (Å²) in [5.41, 5.74) is 3.77. The fourth-order valence-corrected chi connectivity index (χ4v) is 5.42. The zero-order valence-corrected chi connectivity index (χ0v) is 36.7. The normalized spacial score (nSPS) is 10.4. The second kappa shape index (κ2) is 27.3. The van der Waals surface area contributed by atoms with E-state index in [0.717, 1.165) is 59.3 Å². The van der Waals surface area contributed by atoms with Crippen molar-refractivity contribution in [2.45, 2.75) is 60.8 Å². The molecular formula is C50H60O10. The van der Waals surface area contributed by atoms with Gasteiger partial charge in [0.05, 0.1) is 41.7 Å². The Morgan fingerprint density at radius 1 is 0.450 bits per heavy atom. The standard InChI is InChI=1S/C23H28O4.C10H10O2.C9H12O2.C8H10O2/c1-17(14-16-27-23-12-8-21(9-13-23)19(3)25)5-4-15-26-22-10-6-20(7-11-22)18(2)24;1-7(11)9-3-5-10(6-4-9)8(2)12;1-7-6-8(10-2)4-5-9(7)11-3;1-9-7-5-3-4-6-8(7)10-2/h6-13,17H,4-5,14-16H2,1-3H3;3-6H,1-2H3;4-6H,1-3H3;3-6H,1-2H3. The molecule has 0 aliphatic heterocycles. The highest BCUT2D eigenvalue weighted by Crippen LogP contribution is 2.25. The molecule has 5 aromatic rings. The van der Waals surface area contributed by atoms with Gasteiger partial charge in [-0.15, -0.1) is 0 Å². The van der Waals surface area contributed by atoms with Gasteiger partial charge in [0.25, 0.3) is 0 Å². The maximum absolute atomic E-state index is 11.3. The molecule has 10 heteroatoms. The number of rotatable bonds is 17. The number of ketones is 4. The second-order valence-corrected chi connectivity index (χ2v) is 13.8. The number of benzene rings is 5. The van der Waals surface area contributed by atoms with E-state index in [0.29, 0.717) is 41.4 Å². The fraction of sp³-hybridized carbons (Fsp3) is 0.320. The molecule has 5 aromatic carbocycles. The quantitative estimate of drug-likeness (QED) is 0.0661. The molecule has 60 heavy (non-hydrogen) atoms. The van der Waals surface area contributed by atoms with Gasteiger partial charge in [0.1, 0.15) is 23.0 Å². The Kier molecular flexibility index (Phi) is 22.6. The second-order valence-electron chi connectivity index (χ2n) is 13.8. The molecule has 0 heterocycles. The van der Waals surface area contributed by atoms with Gasteiger partial charge in [0.15, 0.2) is 34.6 Å². The number of hydrogen-bond donors (Lipinski definition) is 0. The van der Waals surface area contributed by atoms with E-state index in [-0.39, 0.29) is 23.1 Å². The molecule has 1 unspecified atom stereocenters. The lowest BCUT2D eigenvalue weighted by Crippen LogP contribution is -2.06. The zero-order valence-electron chi connectivity index (χ0n) is 36.7. The fourth-order valence-electron chi connectivity index (χ4n) is 5.42. The molecule has 0 aromatic heterocycles. The van der Waals surface area contributed by atoms with Crippen LogP contribution in [0.2, 0.25) is 0 Å². The highest BCUT2D eigenvalue weighted by molar-refractivity contribution is 5.97. The summed E-state index contributed by atoms with van der Waals surface area (Å²) in [4.78, 5) is 44.2. The Hall–Kier alpha value is -6.42. The van der Waals surface area contributed by atoms with Crippen LogP contribution in [-0.2, 0) is 0 Å². The SMILES string of the molecule is CC(=O)c1ccc(C(C)=O)cc1.CC(=O)c1ccc(OCCCC(C)CCOc2ccc(C(C)=O)cc2)cc1.COc1ccc(OC)c(C)c1.COc1ccccc1OC. The molecule has 0 spiro atoms. The first kappa shape index (κ1) is 49.7. The van der Waals surface area contributed by atoms with Gasteiger partial charge in [-0.05, 0) is 144 Å². The van der Waals surface area contributed by atoms with E-state index in [9.17, 15) is 19.2 Å². The highest BCUT2D eigenvalue weighted by atomic mass is 16.5. The van der Waals surface area contributed by atoms with E-state index >= 15 is 0 Å². The molecule has 0 amide bonds. The molecule has 0 N–H and O–H groups in total. The Balaban J connectivity index is 0.000000310. The van der Waals surface area contributed by atoms with Crippen LogP contribution in [0.4, 0.5) is 0 Å². The minimum absolute atomic E-state index is 0.0186. The minimum Gasteiger partial charge on any atom is -0.497 e. The maximum atomic E-state index is 11.3. The van der Waals surface area contributed by atoms with Crippen LogP contribution in [0, 0.1) is 12.8 Å². The van der Waals surface area contributed by atoms with Gasteiger partial charge in [0.2, 0.25) is 0 Å². The maximum Gasteiger partial charge on any atom is 0.160 e. The number of carbonyl (C=O) groups is 4. The van der Waals surface area contributed by atoms with E-state index in [2.05, 4.69) is 6.92 Å². The molecule has 0 fully saturated rings. The van der Waals surface area contributed by atoms with Gasteiger partial charge >= 0.3 is 0 Å². The van der Waals surface area contributed by atoms with Crippen LogP contribution in [0.3, 0.4) is 0 Å². The summed E-state index contributed by atoms with van der Waals surface area (Å²) in [5, 5.41) is 0. The van der Waals surface area contributed by atoms with E-state index < -0.39 is 0 Å². The number of methoxy groups -OCH3 is 4. The van der Waals surface area contributed by atoms with Crippen LogP contribution in [-0.4, -0.2) is 64.8 Å². The molecule has 5 rings (SSSR count). The first-order chi connectivity index (χ1) is 28.7. The van der Waals surface area contributed by atoms with Gasteiger partial charge < -0.3 is 28.4 Å². The summed E-state index contributed by atoms with van der Waals surface area (Å²) in [7, 11) is 6.56. The van der Waals surface area contributed by atoms with Gasteiger partial charge in [-0.1, -0.05) is 43.3 Å². The molecule has 0 aliphatic rings. The topological polar surface area (TPSA) is 124 Å². The van der Waals surface area contributed by atoms with Crippen molar-refractivity contribution >= 4 is 23.1 Å². The van der Waals surface area contributed by atoms with Crippen molar-refractivity contribution < 1.29 is 47.6 Å². The summed E-state index contributed by atoms with van der Waals surface area (Å²) in [6, 6.07) is 34.4. The molecule has 0 aliphatic carbocycles. The van der Waals surface area contributed by atoms with Crippen molar-refractivity contribution in [1.29, 1.82) is 0 Å². The Morgan fingerprint density at radius 3 is 1.17 bits per heavy atom. The predicted octanol–water partition coefficient (Wildman–Crippen LogP) is 11.2. The molecule has 1 atom stereocenters. The average molecular weight is 821 g/mol.